The maximum Gasteiger partial charge on any atom is 0.268 e. The van der Waals surface area contributed by atoms with E-state index in [1.165, 1.54) is 10.0 Å². The summed E-state index contributed by atoms with van der Waals surface area (Å²) < 4.78 is 28.1. The van der Waals surface area contributed by atoms with Crippen LogP contribution in [0.2, 0.25) is 0 Å². The van der Waals surface area contributed by atoms with E-state index in [1.807, 2.05) is 13.8 Å². The van der Waals surface area contributed by atoms with Crippen LogP contribution in [0.15, 0.2) is 47.4 Å². The Bertz CT molecular complexity index is 1130. The van der Waals surface area contributed by atoms with Crippen molar-refractivity contribution in [1.29, 1.82) is 0 Å². The quantitative estimate of drug-likeness (QED) is 0.634. The van der Waals surface area contributed by atoms with E-state index >= 15 is 0 Å². The molecule has 0 bridgehead atoms. The van der Waals surface area contributed by atoms with Crippen molar-refractivity contribution in [2.75, 3.05) is 0 Å². The molecule has 28 heavy (non-hydrogen) atoms. The summed E-state index contributed by atoms with van der Waals surface area (Å²) in [5.74, 6) is 0.278. The largest absolute Gasteiger partial charge is 0.508 e. The van der Waals surface area contributed by atoms with Gasteiger partial charge in [-0.1, -0.05) is 24.6 Å². The number of phenols is 1. The molecular formula is C22H25NO4S. The van der Waals surface area contributed by atoms with Crippen LogP contribution in [0.1, 0.15) is 43.0 Å². The van der Waals surface area contributed by atoms with Crippen molar-refractivity contribution in [1.82, 2.24) is 3.97 Å². The van der Waals surface area contributed by atoms with Gasteiger partial charge >= 0.3 is 0 Å². The molecule has 0 aliphatic carbocycles. The van der Waals surface area contributed by atoms with Gasteiger partial charge in [-0.15, -0.1) is 0 Å². The molecule has 3 aromatic rings. The molecule has 0 saturated carbocycles. The lowest BCUT2D eigenvalue weighted by molar-refractivity contribution is -0.118. The standard InChI is InChI=1S/C22H25NO4S/c1-4-17(24)6-5-7-20-16(3)23(22-13-10-18(25)14-21(20)22)28(26,27)19-11-8-15(2)9-12-19/h8-14,25H,4-7H2,1-3H3. The average Bonchev–Trinajstić information content (AvgIpc) is 2.93. The SMILES string of the molecule is CCC(=O)CCCc1c(C)n(S(=O)(=O)c2ccc(C)cc2)c2ccc(O)cc12. The molecule has 0 saturated heterocycles. The number of carbonyl (C=O) groups excluding carboxylic acids is 1. The van der Waals surface area contributed by atoms with E-state index in [-0.39, 0.29) is 16.4 Å². The molecule has 0 spiro atoms. The number of carbonyl (C=O) groups is 1. The highest BCUT2D eigenvalue weighted by atomic mass is 32.2. The number of phenolic OH excluding ortho intramolecular Hbond substituents is 1. The molecule has 6 heteroatoms. The van der Waals surface area contributed by atoms with Crippen LogP contribution < -0.4 is 0 Å². The first-order valence-corrected chi connectivity index (χ1v) is 10.9. The van der Waals surface area contributed by atoms with Gasteiger partial charge in [-0.05, 0) is 62.6 Å². The highest BCUT2D eigenvalue weighted by Gasteiger charge is 2.25. The molecule has 0 unspecified atom stereocenters. The van der Waals surface area contributed by atoms with E-state index in [0.29, 0.717) is 42.3 Å². The Morgan fingerprint density at radius 2 is 1.75 bits per heavy atom. The lowest BCUT2D eigenvalue weighted by Crippen LogP contribution is -2.14. The van der Waals surface area contributed by atoms with Gasteiger partial charge in [0.2, 0.25) is 0 Å². The van der Waals surface area contributed by atoms with Crippen molar-refractivity contribution in [3.63, 3.8) is 0 Å². The average molecular weight is 400 g/mol. The van der Waals surface area contributed by atoms with Gasteiger partial charge in [-0.25, -0.2) is 12.4 Å². The minimum Gasteiger partial charge on any atom is -0.508 e. The Balaban J connectivity index is 2.14. The first kappa shape index (κ1) is 20.1. The van der Waals surface area contributed by atoms with Gasteiger partial charge in [0.1, 0.15) is 11.5 Å². The minimum absolute atomic E-state index is 0.0864. The van der Waals surface area contributed by atoms with Gasteiger partial charge in [0.05, 0.1) is 10.4 Å². The molecule has 5 nitrogen and oxygen atoms in total. The van der Waals surface area contributed by atoms with Gasteiger partial charge in [0.15, 0.2) is 0 Å². The van der Waals surface area contributed by atoms with Gasteiger partial charge in [0.25, 0.3) is 10.0 Å². The topological polar surface area (TPSA) is 76.4 Å². The number of hydrogen-bond donors (Lipinski definition) is 1. The van der Waals surface area contributed by atoms with Crippen molar-refractivity contribution in [2.45, 2.75) is 51.3 Å². The Morgan fingerprint density at radius 1 is 1.07 bits per heavy atom. The predicted molar refractivity (Wildman–Crippen MR) is 110 cm³/mol. The molecule has 0 amide bonds. The summed E-state index contributed by atoms with van der Waals surface area (Å²) in [7, 11) is -3.78. The van der Waals surface area contributed by atoms with E-state index in [1.54, 1.807) is 43.3 Å². The first-order valence-electron chi connectivity index (χ1n) is 9.42. The zero-order valence-corrected chi connectivity index (χ0v) is 17.2. The highest BCUT2D eigenvalue weighted by Crippen LogP contribution is 2.33. The fraction of sp³-hybridized carbons (Fsp3) is 0.318. The van der Waals surface area contributed by atoms with Crippen LogP contribution in [0, 0.1) is 13.8 Å². The molecule has 0 atom stereocenters. The Morgan fingerprint density at radius 3 is 2.39 bits per heavy atom. The molecular weight excluding hydrogens is 374 g/mol. The van der Waals surface area contributed by atoms with Crippen molar-refractivity contribution in [3.8, 4) is 5.75 Å². The summed E-state index contributed by atoms with van der Waals surface area (Å²) in [5, 5.41) is 10.6. The summed E-state index contributed by atoms with van der Waals surface area (Å²) >= 11 is 0. The lowest BCUT2D eigenvalue weighted by atomic mass is 10.0. The highest BCUT2D eigenvalue weighted by molar-refractivity contribution is 7.90. The van der Waals surface area contributed by atoms with Crippen LogP contribution in [0.5, 0.6) is 5.75 Å². The van der Waals surface area contributed by atoms with Crippen molar-refractivity contribution in [2.24, 2.45) is 0 Å². The third kappa shape index (κ3) is 3.69. The number of ketones is 1. The van der Waals surface area contributed by atoms with Gasteiger partial charge in [0, 0.05) is 23.9 Å². The van der Waals surface area contributed by atoms with Crippen LogP contribution in [0.4, 0.5) is 0 Å². The first-order chi connectivity index (χ1) is 13.3. The fourth-order valence-electron chi connectivity index (χ4n) is 3.52. The van der Waals surface area contributed by atoms with Crippen molar-refractivity contribution >= 4 is 26.7 Å². The zero-order valence-electron chi connectivity index (χ0n) is 16.4. The second-order valence-corrected chi connectivity index (χ2v) is 8.88. The lowest BCUT2D eigenvalue weighted by Gasteiger charge is -2.11. The number of aryl methyl sites for hydroxylation is 2. The van der Waals surface area contributed by atoms with Gasteiger partial charge in [-0.2, -0.15) is 0 Å². The number of fused-ring (bicyclic) bond motifs is 1. The summed E-state index contributed by atoms with van der Waals surface area (Å²) in [6, 6.07) is 11.5. The molecule has 2 aromatic carbocycles. The Labute approximate surface area is 165 Å². The van der Waals surface area contributed by atoms with Crippen LogP contribution >= 0.6 is 0 Å². The van der Waals surface area contributed by atoms with E-state index in [9.17, 15) is 18.3 Å². The maximum absolute atomic E-state index is 13.4. The second kappa shape index (κ2) is 7.80. The minimum atomic E-state index is -3.78. The second-order valence-electron chi connectivity index (χ2n) is 7.09. The monoisotopic (exact) mass is 399 g/mol. The number of Topliss-reactive ketones (excluding diaryl/α,β-unsaturated/α-hetero) is 1. The van der Waals surface area contributed by atoms with Crippen LogP contribution in [-0.4, -0.2) is 23.3 Å². The van der Waals surface area contributed by atoms with Crippen LogP contribution in [-0.2, 0) is 21.2 Å². The summed E-state index contributed by atoms with van der Waals surface area (Å²) in [6.07, 6.45) is 2.19. The normalized spacial score (nSPS) is 11.8. The van der Waals surface area contributed by atoms with E-state index in [2.05, 4.69) is 0 Å². The maximum atomic E-state index is 13.4. The fourth-order valence-corrected chi connectivity index (χ4v) is 5.10. The van der Waals surface area contributed by atoms with E-state index in [4.69, 9.17) is 0 Å². The molecule has 0 fully saturated rings. The number of nitrogens with zero attached hydrogens (tertiary/aromatic N) is 1. The van der Waals surface area contributed by atoms with Crippen molar-refractivity contribution < 1.29 is 18.3 Å². The third-order valence-electron chi connectivity index (χ3n) is 5.10. The molecule has 1 heterocycles. The number of aromatic nitrogens is 1. The van der Waals surface area contributed by atoms with Gasteiger partial charge < -0.3 is 5.11 Å². The molecule has 0 radical (unpaired) electrons. The molecule has 1 aromatic heterocycles. The number of hydrogen-bond acceptors (Lipinski definition) is 4. The molecule has 148 valence electrons. The predicted octanol–water partition coefficient (Wildman–Crippen LogP) is 4.50. The summed E-state index contributed by atoms with van der Waals surface area (Å²) in [6.45, 7) is 5.52. The molecule has 0 aliphatic heterocycles. The molecule has 3 rings (SSSR count). The molecule has 1 N–H and O–H groups in total. The Kier molecular flexibility index (Phi) is 5.61. The van der Waals surface area contributed by atoms with Gasteiger partial charge in [-0.3, -0.25) is 4.79 Å². The Hall–Kier alpha value is -2.60. The number of aromatic hydroxyl groups is 1. The van der Waals surface area contributed by atoms with Crippen molar-refractivity contribution in [3.05, 3.63) is 59.3 Å². The number of rotatable bonds is 7. The van der Waals surface area contributed by atoms with E-state index < -0.39 is 10.0 Å². The van der Waals surface area contributed by atoms with E-state index in [0.717, 1.165) is 11.1 Å². The summed E-state index contributed by atoms with van der Waals surface area (Å²) in [4.78, 5) is 11.9. The number of benzene rings is 2. The molecule has 0 aliphatic rings. The smallest absolute Gasteiger partial charge is 0.268 e. The third-order valence-corrected chi connectivity index (χ3v) is 6.92. The van der Waals surface area contributed by atoms with Crippen LogP contribution in [0.3, 0.4) is 0 Å². The zero-order chi connectivity index (χ0) is 20.5. The summed E-state index contributed by atoms with van der Waals surface area (Å²) in [5.41, 5.74) is 2.99. The van der Waals surface area contributed by atoms with Crippen LogP contribution in [0.25, 0.3) is 10.9 Å².